The SMILES string of the molecule is CCc1ccccc1NC(=O)C[NH+]1CC[NH+](CCCOc2cccc(C)c2)CC1. The van der Waals surface area contributed by atoms with Gasteiger partial charge in [-0.2, -0.15) is 0 Å². The van der Waals surface area contributed by atoms with Crippen LogP contribution in [-0.2, 0) is 11.2 Å². The number of anilines is 1. The largest absolute Gasteiger partial charge is 0.493 e. The minimum absolute atomic E-state index is 0.121. The molecule has 0 spiro atoms. The van der Waals surface area contributed by atoms with Crippen molar-refractivity contribution in [3.63, 3.8) is 0 Å². The summed E-state index contributed by atoms with van der Waals surface area (Å²) < 4.78 is 5.86. The fourth-order valence-electron chi connectivity index (χ4n) is 3.97. The number of aryl methyl sites for hydroxylation is 2. The molecule has 0 aliphatic carbocycles. The molecule has 0 saturated carbocycles. The number of ether oxygens (including phenoxy) is 1. The molecule has 0 bridgehead atoms. The highest BCUT2D eigenvalue weighted by Crippen LogP contribution is 2.15. The van der Waals surface area contributed by atoms with E-state index in [2.05, 4.69) is 37.4 Å². The number of quaternary nitrogens is 2. The van der Waals surface area contributed by atoms with Crippen molar-refractivity contribution in [2.45, 2.75) is 26.7 Å². The van der Waals surface area contributed by atoms with E-state index >= 15 is 0 Å². The van der Waals surface area contributed by atoms with E-state index in [0.717, 1.165) is 63.6 Å². The highest BCUT2D eigenvalue weighted by atomic mass is 16.5. The lowest BCUT2D eigenvalue weighted by atomic mass is 10.1. The van der Waals surface area contributed by atoms with Crippen molar-refractivity contribution in [3.8, 4) is 5.75 Å². The Morgan fingerprint density at radius 2 is 1.79 bits per heavy atom. The summed E-state index contributed by atoms with van der Waals surface area (Å²) in [6.07, 6.45) is 1.99. The van der Waals surface area contributed by atoms with Crippen molar-refractivity contribution >= 4 is 11.6 Å². The van der Waals surface area contributed by atoms with Crippen LogP contribution in [0.2, 0.25) is 0 Å². The van der Waals surface area contributed by atoms with E-state index in [4.69, 9.17) is 4.74 Å². The molecule has 5 heteroatoms. The van der Waals surface area contributed by atoms with Gasteiger partial charge in [0, 0.05) is 12.1 Å². The summed E-state index contributed by atoms with van der Waals surface area (Å²) in [7, 11) is 0. The fraction of sp³-hybridized carbons (Fsp3) is 0.458. The minimum Gasteiger partial charge on any atom is -0.493 e. The van der Waals surface area contributed by atoms with E-state index in [0.29, 0.717) is 6.54 Å². The first-order chi connectivity index (χ1) is 14.1. The molecule has 0 unspecified atom stereocenters. The van der Waals surface area contributed by atoms with Gasteiger partial charge in [0.25, 0.3) is 5.91 Å². The second-order valence-corrected chi connectivity index (χ2v) is 8.00. The van der Waals surface area contributed by atoms with Crippen molar-refractivity contribution in [1.82, 2.24) is 0 Å². The number of para-hydroxylation sites is 1. The lowest BCUT2D eigenvalue weighted by Gasteiger charge is -2.29. The van der Waals surface area contributed by atoms with Gasteiger partial charge in [0.1, 0.15) is 31.9 Å². The van der Waals surface area contributed by atoms with E-state index in [9.17, 15) is 4.79 Å². The zero-order valence-corrected chi connectivity index (χ0v) is 17.8. The predicted octanol–water partition coefficient (Wildman–Crippen LogP) is 0.748. The molecule has 156 valence electrons. The normalized spacial score (nSPS) is 19.0. The third kappa shape index (κ3) is 6.87. The number of piperazine rings is 1. The summed E-state index contributed by atoms with van der Waals surface area (Å²) in [4.78, 5) is 15.5. The molecule has 1 aliphatic rings. The van der Waals surface area contributed by atoms with Gasteiger partial charge in [0.15, 0.2) is 6.54 Å². The van der Waals surface area contributed by atoms with E-state index in [-0.39, 0.29) is 5.91 Å². The van der Waals surface area contributed by atoms with Gasteiger partial charge in [-0.25, -0.2) is 0 Å². The number of hydrogen-bond acceptors (Lipinski definition) is 2. The highest BCUT2D eigenvalue weighted by Gasteiger charge is 2.24. The Balaban J connectivity index is 1.32. The zero-order valence-electron chi connectivity index (χ0n) is 17.8. The monoisotopic (exact) mass is 397 g/mol. The van der Waals surface area contributed by atoms with Gasteiger partial charge < -0.3 is 19.9 Å². The summed E-state index contributed by atoms with van der Waals surface area (Å²) in [5.41, 5.74) is 3.38. The molecule has 1 saturated heterocycles. The fourth-order valence-corrected chi connectivity index (χ4v) is 3.97. The Kier molecular flexibility index (Phi) is 8.08. The Bertz CT molecular complexity index is 785. The summed E-state index contributed by atoms with van der Waals surface area (Å²) in [5.74, 6) is 1.08. The molecular formula is C24H35N3O2+2. The lowest BCUT2D eigenvalue weighted by Crippen LogP contribution is -3.28. The maximum atomic E-state index is 12.4. The first kappa shape index (κ1) is 21.3. The van der Waals surface area contributed by atoms with Gasteiger partial charge in [-0.3, -0.25) is 4.79 Å². The second kappa shape index (κ2) is 11.0. The van der Waals surface area contributed by atoms with Crippen molar-refractivity contribution in [1.29, 1.82) is 0 Å². The molecule has 1 aliphatic heterocycles. The third-order valence-electron chi connectivity index (χ3n) is 5.68. The van der Waals surface area contributed by atoms with Crippen LogP contribution in [0.4, 0.5) is 5.69 Å². The number of rotatable bonds is 9. The average molecular weight is 398 g/mol. The lowest BCUT2D eigenvalue weighted by molar-refractivity contribution is -1.01. The van der Waals surface area contributed by atoms with Gasteiger partial charge >= 0.3 is 0 Å². The highest BCUT2D eigenvalue weighted by molar-refractivity contribution is 5.92. The first-order valence-corrected chi connectivity index (χ1v) is 10.9. The van der Waals surface area contributed by atoms with Gasteiger partial charge in [0.2, 0.25) is 0 Å². The number of carbonyl (C=O) groups is 1. The standard InChI is InChI=1S/C24H33N3O2/c1-3-21-9-4-5-11-23(21)25-24(28)19-27-15-13-26(14-16-27)12-7-17-29-22-10-6-8-20(2)18-22/h4-6,8-11,18H,3,7,12-17,19H2,1-2H3,(H,25,28)/p+2. The van der Waals surface area contributed by atoms with Crippen LogP contribution in [0.1, 0.15) is 24.5 Å². The quantitative estimate of drug-likeness (QED) is 0.547. The maximum Gasteiger partial charge on any atom is 0.279 e. The Hall–Kier alpha value is -2.37. The minimum atomic E-state index is 0.121. The average Bonchev–Trinajstić information content (AvgIpc) is 2.73. The molecule has 1 amide bonds. The van der Waals surface area contributed by atoms with Crippen LogP contribution in [0.3, 0.4) is 0 Å². The third-order valence-corrected chi connectivity index (χ3v) is 5.68. The molecular weight excluding hydrogens is 362 g/mol. The zero-order chi connectivity index (χ0) is 20.5. The molecule has 2 aromatic carbocycles. The smallest absolute Gasteiger partial charge is 0.279 e. The van der Waals surface area contributed by atoms with Gasteiger partial charge in [-0.1, -0.05) is 37.3 Å². The van der Waals surface area contributed by atoms with E-state index < -0.39 is 0 Å². The Morgan fingerprint density at radius 3 is 2.55 bits per heavy atom. The molecule has 2 aromatic rings. The first-order valence-electron chi connectivity index (χ1n) is 10.9. The number of amides is 1. The van der Waals surface area contributed by atoms with Crippen LogP contribution in [-0.4, -0.2) is 51.8 Å². The van der Waals surface area contributed by atoms with E-state index in [1.165, 1.54) is 16.0 Å². The molecule has 1 fully saturated rings. The maximum absolute atomic E-state index is 12.4. The molecule has 29 heavy (non-hydrogen) atoms. The van der Waals surface area contributed by atoms with Crippen LogP contribution in [0.15, 0.2) is 48.5 Å². The summed E-state index contributed by atoms with van der Waals surface area (Å²) in [6.45, 7) is 11.0. The van der Waals surface area contributed by atoms with Crippen molar-refractivity contribution < 1.29 is 19.3 Å². The summed E-state index contributed by atoms with van der Waals surface area (Å²) in [6, 6.07) is 16.3. The van der Waals surface area contributed by atoms with Crippen LogP contribution in [0, 0.1) is 6.92 Å². The number of benzene rings is 2. The van der Waals surface area contributed by atoms with Crippen LogP contribution in [0.25, 0.3) is 0 Å². The van der Waals surface area contributed by atoms with Crippen LogP contribution in [0.5, 0.6) is 5.75 Å². The van der Waals surface area contributed by atoms with E-state index in [1.54, 1.807) is 4.90 Å². The molecule has 1 heterocycles. The second-order valence-electron chi connectivity index (χ2n) is 8.00. The molecule has 0 atom stereocenters. The molecule has 3 N–H and O–H groups in total. The van der Waals surface area contributed by atoms with Crippen molar-refractivity contribution in [2.24, 2.45) is 0 Å². The number of carbonyl (C=O) groups excluding carboxylic acids is 1. The number of nitrogens with one attached hydrogen (secondary N) is 3. The Morgan fingerprint density at radius 1 is 1.03 bits per heavy atom. The molecule has 0 aromatic heterocycles. The predicted molar refractivity (Wildman–Crippen MR) is 117 cm³/mol. The van der Waals surface area contributed by atoms with Gasteiger partial charge in [0.05, 0.1) is 13.2 Å². The molecule has 0 radical (unpaired) electrons. The van der Waals surface area contributed by atoms with E-state index in [1.807, 2.05) is 30.3 Å². The molecule has 5 nitrogen and oxygen atoms in total. The van der Waals surface area contributed by atoms with Gasteiger partial charge in [-0.05, 0) is 42.7 Å². The number of hydrogen-bond donors (Lipinski definition) is 3. The van der Waals surface area contributed by atoms with Gasteiger partial charge in [-0.15, -0.1) is 0 Å². The Labute approximate surface area is 174 Å². The summed E-state index contributed by atoms with van der Waals surface area (Å²) in [5, 5.41) is 3.10. The van der Waals surface area contributed by atoms with Crippen LogP contribution < -0.4 is 19.9 Å². The topological polar surface area (TPSA) is 47.2 Å². The van der Waals surface area contributed by atoms with Crippen LogP contribution >= 0.6 is 0 Å². The van der Waals surface area contributed by atoms with Crippen molar-refractivity contribution in [3.05, 3.63) is 59.7 Å². The van der Waals surface area contributed by atoms with Crippen molar-refractivity contribution in [2.75, 3.05) is 51.2 Å². The molecule has 3 rings (SSSR count). The summed E-state index contributed by atoms with van der Waals surface area (Å²) >= 11 is 0.